The number of nitrogens with zero attached hydrogens (tertiary/aromatic N) is 3. The van der Waals surface area contributed by atoms with E-state index < -0.39 is 0 Å². The molecule has 0 fully saturated rings. The van der Waals surface area contributed by atoms with Crippen molar-refractivity contribution in [2.75, 3.05) is 0 Å². The predicted molar refractivity (Wildman–Crippen MR) is 145 cm³/mol. The van der Waals surface area contributed by atoms with Gasteiger partial charge in [-0.3, -0.25) is 4.79 Å². The van der Waals surface area contributed by atoms with E-state index in [1.54, 1.807) is 12.3 Å². The standard InChI is InChI=1S/C26H23BrIN3O2/c1-16(2)25-30-23-10-9-20(27)13-21(23)26(32)31(25)29-14-19-8-11-24(22(28)12-19)33-15-18-6-4-17(3)5-7-18/h4-14,16H,15H2,1-3H3. The monoisotopic (exact) mass is 615 g/mol. The molecule has 0 saturated heterocycles. The number of ether oxygens (including phenoxy) is 1. The molecule has 0 radical (unpaired) electrons. The van der Waals surface area contributed by atoms with Gasteiger partial charge in [-0.1, -0.05) is 59.6 Å². The summed E-state index contributed by atoms with van der Waals surface area (Å²) in [5.74, 6) is 1.48. The molecule has 1 heterocycles. The summed E-state index contributed by atoms with van der Waals surface area (Å²) in [7, 11) is 0. The predicted octanol–water partition coefficient (Wildman–Crippen LogP) is 6.66. The Labute approximate surface area is 214 Å². The molecule has 0 spiro atoms. The Morgan fingerprint density at radius 1 is 1.12 bits per heavy atom. The fourth-order valence-electron chi connectivity index (χ4n) is 3.34. The van der Waals surface area contributed by atoms with Crippen molar-refractivity contribution in [2.45, 2.75) is 33.3 Å². The van der Waals surface area contributed by atoms with Crippen LogP contribution in [0.15, 0.2) is 75.0 Å². The zero-order chi connectivity index (χ0) is 23.5. The third-order valence-electron chi connectivity index (χ3n) is 5.14. The van der Waals surface area contributed by atoms with E-state index in [9.17, 15) is 4.79 Å². The number of hydrogen-bond acceptors (Lipinski definition) is 4. The quantitative estimate of drug-likeness (QED) is 0.180. The number of benzene rings is 3. The molecule has 0 aliphatic rings. The van der Waals surface area contributed by atoms with Crippen molar-refractivity contribution < 1.29 is 4.74 Å². The van der Waals surface area contributed by atoms with Crippen LogP contribution < -0.4 is 10.3 Å². The summed E-state index contributed by atoms with van der Waals surface area (Å²) in [6.07, 6.45) is 1.69. The van der Waals surface area contributed by atoms with Gasteiger partial charge in [0.1, 0.15) is 18.2 Å². The van der Waals surface area contributed by atoms with Gasteiger partial charge in [0.05, 0.1) is 20.7 Å². The molecule has 168 valence electrons. The van der Waals surface area contributed by atoms with Crippen LogP contribution in [0.2, 0.25) is 0 Å². The van der Waals surface area contributed by atoms with Gasteiger partial charge in [0.2, 0.25) is 0 Å². The van der Waals surface area contributed by atoms with Crippen molar-refractivity contribution >= 4 is 55.6 Å². The number of hydrogen-bond donors (Lipinski definition) is 0. The van der Waals surface area contributed by atoms with Gasteiger partial charge in [0.15, 0.2) is 0 Å². The first-order valence-electron chi connectivity index (χ1n) is 10.6. The number of rotatable bonds is 6. The molecule has 0 bridgehead atoms. The van der Waals surface area contributed by atoms with Crippen LogP contribution in [-0.2, 0) is 6.61 Å². The van der Waals surface area contributed by atoms with Crippen molar-refractivity contribution in [3.05, 3.63) is 102 Å². The first-order chi connectivity index (χ1) is 15.8. The molecule has 4 rings (SSSR count). The summed E-state index contributed by atoms with van der Waals surface area (Å²) in [6.45, 7) is 6.58. The second kappa shape index (κ2) is 10.2. The minimum absolute atomic E-state index is 0.0422. The second-order valence-corrected chi connectivity index (χ2v) is 10.2. The summed E-state index contributed by atoms with van der Waals surface area (Å²) in [6, 6.07) is 19.7. The van der Waals surface area contributed by atoms with Crippen LogP contribution >= 0.6 is 38.5 Å². The van der Waals surface area contributed by atoms with E-state index in [-0.39, 0.29) is 11.5 Å². The highest BCUT2D eigenvalue weighted by atomic mass is 127. The van der Waals surface area contributed by atoms with Crippen LogP contribution in [-0.4, -0.2) is 15.9 Å². The SMILES string of the molecule is Cc1ccc(COc2ccc(C=Nn3c(C(C)C)nc4ccc(Br)cc4c3=O)cc2I)cc1. The lowest BCUT2D eigenvalue weighted by molar-refractivity contribution is 0.304. The van der Waals surface area contributed by atoms with Gasteiger partial charge in [-0.25, -0.2) is 4.98 Å². The number of fused-ring (bicyclic) bond motifs is 1. The van der Waals surface area contributed by atoms with E-state index in [0.29, 0.717) is 23.3 Å². The van der Waals surface area contributed by atoms with Crippen LogP contribution in [0.3, 0.4) is 0 Å². The minimum Gasteiger partial charge on any atom is -0.488 e. The molecule has 1 aromatic heterocycles. The summed E-state index contributed by atoms with van der Waals surface area (Å²) in [4.78, 5) is 17.8. The minimum atomic E-state index is -0.186. The van der Waals surface area contributed by atoms with Crippen molar-refractivity contribution in [1.29, 1.82) is 0 Å². The highest BCUT2D eigenvalue weighted by molar-refractivity contribution is 14.1. The second-order valence-electron chi connectivity index (χ2n) is 8.11. The van der Waals surface area contributed by atoms with E-state index >= 15 is 0 Å². The molecule has 5 nitrogen and oxygen atoms in total. The molecule has 7 heteroatoms. The van der Waals surface area contributed by atoms with E-state index in [1.165, 1.54) is 10.2 Å². The Morgan fingerprint density at radius 3 is 2.58 bits per heavy atom. The molecular weight excluding hydrogens is 593 g/mol. The molecule has 0 amide bonds. The Balaban J connectivity index is 1.60. The Kier molecular flexibility index (Phi) is 7.29. The van der Waals surface area contributed by atoms with Gasteiger partial charge < -0.3 is 4.74 Å². The van der Waals surface area contributed by atoms with E-state index in [1.807, 2.05) is 44.2 Å². The highest BCUT2D eigenvalue weighted by Crippen LogP contribution is 2.23. The average molecular weight is 616 g/mol. The first-order valence-corrected chi connectivity index (χ1v) is 12.4. The molecule has 0 aliphatic heterocycles. The van der Waals surface area contributed by atoms with E-state index in [2.05, 4.69) is 79.8 Å². The summed E-state index contributed by atoms with van der Waals surface area (Å²) < 4.78 is 9.19. The fourth-order valence-corrected chi connectivity index (χ4v) is 4.39. The van der Waals surface area contributed by atoms with Crippen molar-refractivity contribution in [3.63, 3.8) is 0 Å². The van der Waals surface area contributed by atoms with Crippen molar-refractivity contribution in [1.82, 2.24) is 9.66 Å². The normalized spacial score (nSPS) is 11.6. The summed E-state index contributed by atoms with van der Waals surface area (Å²) >= 11 is 5.69. The van der Waals surface area contributed by atoms with E-state index in [0.717, 1.165) is 24.9 Å². The van der Waals surface area contributed by atoms with Crippen LogP contribution in [0.4, 0.5) is 0 Å². The smallest absolute Gasteiger partial charge is 0.282 e. The lowest BCUT2D eigenvalue weighted by Gasteiger charge is -2.12. The van der Waals surface area contributed by atoms with Gasteiger partial charge in [0.25, 0.3) is 5.56 Å². The molecule has 0 atom stereocenters. The Bertz CT molecular complexity index is 1400. The lowest BCUT2D eigenvalue weighted by atomic mass is 10.2. The molecule has 33 heavy (non-hydrogen) atoms. The van der Waals surface area contributed by atoms with Crippen LogP contribution in [0.5, 0.6) is 5.75 Å². The largest absolute Gasteiger partial charge is 0.488 e. The first kappa shape index (κ1) is 23.6. The van der Waals surface area contributed by atoms with Gasteiger partial charge in [0, 0.05) is 10.4 Å². The summed E-state index contributed by atoms with van der Waals surface area (Å²) in [5, 5.41) is 5.03. The third kappa shape index (κ3) is 5.52. The van der Waals surface area contributed by atoms with Gasteiger partial charge >= 0.3 is 0 Å². The summed E-state index contributed by atoms with van der Waals surface area (Å²) in [5.41, 5.74) is 3.71. The van der Waals surface area contributed by atoms with Crippen molar-refractivity contribution in [2.24, 2.45) is 5.10 Å². The van der Waals surface area contributed by atoms with E-state index in [4.69, 9.17) is 4.74 Å². The maximum Gasteiger partial charge on any atom is 0.282 e. The molecule has 3 aromatic carbocycles. The zero-order valence-electron chi connectivity index (χ0n) is 18.5. The number of aromatic nitrogens is 2. The molecule has 0 saturated carbocycles. The van der Waals surface area contributed by atoms with Crippen molar-refractivity contribution in [3.8, 4) is 5.75 Å². The third-order valence-corrected chi connectivity index (χ3v) is 6.48. The number of aryl methyl sites for hydroxylation is 1. The topological polar surface area (TPSA) is 56.5 Å². The van der Waals surface area contributed by atoms with Crippen LogP contribution in [0.25, 0.3) is 10.9 Å². The highest BCUT2D eigenvalue weighted by Gasteiger charge is 2.14. The molecule has 4 aromatic rings. The van der Waals surface area contributed by atoms with Crippen LogP contribution in [0, 0.1) is 10.5 Å². The number of halogens is 2. The molecule has 0 N–H and O–H groups in total. The Morgan fingerprint density at radius 2 is 1.88 bits per heavy atom. The molecule has 0 aliphatic carbocycles. The zero-order valence-corrected chi connectivity index (χ0v) is 22.3. The maximum absolute atomic E-state index is 13.2. The molecule has 0 unspecified atom stereocenters. The van der Waals surface area contributed by atoms with Gasteiger partial charge in [-0.05, 0) is 77.0 Å². The molecular formula is C26H23BrIN3O2. The van der Waals surface area contributed by atoms with Crippen LogP contribution in [0.1, 0.15) is 42.3 Å². The van der Waals surface area contributed by atoms with Gasteiger partial charge in [-0.2, -0.15) is 9.78 Å². The Hall–Kier alpha value is -2.52. The van der Waals surface area contributed by atoms with Gasteiger partial charge in [-0.15, -0.1) is 0 Å². The lowest BCUT2D eigenvalue weighted by Crippen LogP contribution is -2.23. The average Bonchev–Trinajstić information content (AvgIpc) is 2.79. The fraction of sp³-hybridized carbons (Fsp3) is 0.192. The maximum atomic E-state index is 13.2.